The van der Waals surface area contributed by atoms with Crippen molar-refractivity contribution in [3.63, 3.8) is 0 Å². The van der Waals surface area contributed by atoms with Gasteiger partial charge in [0.05, 0.1) is 49.2 Å². The summed E-state index contributed by atoms with van der Waals surface area (Å²) in [7, 11) is -2.29. The van der Waals surface area contributed by atoms with Gasteiger partial charge in [-0.1, -0.05) is 48.0 Å². The summed E-state index contributed by atoms with van der Waals surface area (Å²) in [6.07, 6.45) is -0.496. The third-order valence-corrected chi connectivity index (χ3v) is 11.5. The molecule has 1 fully saturated rings. The van der Waals surface area contributed by atoms with Crippen molar-refractivity contribution in [2.75, 3.05) is 64.6 Å². The lowest BCUT2D eigenvalue weighted by Crippen LogP contribution is -2.55. The number of nitrogens with one attached hydrogen (secondary N) is 1. The number of piperidine rings is 1. The van der Waals surface area contributed by atoms with E-state index in [1.807, 2.05) is 57.2 Å². The first-order valence-electron chi connectivity index (χ1n) is 18.0. The Labute approximate surface area is 308 Å². The van der Waals surface area contributed by atoms with Crippen LogP contribution in [0.1, 0.15) is 54.9 Å². The van der Waals surface area contributed by atoms with Crippen LogP contribution in [0.4, 0.5) is 10.5 Å². The summed E-state index contributed by atoms with van der Waals surface area (Å²) < 4.78 is 59.2. The fourth-order valence-corrected chi connectivity index (χ4v) is 8.49. The Bertz CT molecular complexity index is 1690. The Morgan fingerprint density at radius 2 is 1.81 bits per heavy atom. The number of carboxylic acid groups (broad SMARTS) is 1. The maximum atomic E-state index is 14.2. The van der Waals surface area contributed by atoms with E-state index in [9.17, 15) is 18.3 Å². The molecule has 0 saturated carbocycles. The SMILES string of the molecule is CCO[C@H](C)COCc1ccc([C@H]2C[C@H](CNC(=O)O)N(S(=O)(=O)c3ccc(C)cc3)C[C@@H]2OCc2ccc3c(c2)N(CCCOC)CCO3)cc1. The Balaban J connectivity index is 1.41. The molecule has 2 aliphatic heterocycles. The number of fused-ring (bicyclic) bond motifs is 1. The summed E-state index contributed by atoms with van der Waals surface area (Å²) >= 11 is 0. The zero-order valence-corrected chi connectivity index (χ0v) is 31.5. The monoisotopic (exact) mass is 739 g/mol. The summed E-state index contributed by atoms with van der Waals surface area (Å²) in [6, 6.07) is 20.2. The smallest absolute Gasteiger partial charge is 0.404 e. The van der Waals surface area contributed by atoms with Crippen LogP contribution in [0.5, 0.6) is 5.75 Å². The van der Waals surface area contributed by atoms with E-state index in [0.717, 1.165) is 53.2 Å². The zero-order valence-electron chi connectivity index (χ0n) is 30.7. The van der Waals surface area contributed by atoms with Gasteiger partial charge in [0.1, 0.15) is 12.4 Å². The summed E-state index contributed by atoms with van der Waals surface area (Å²) in [6.45, 7) is 10.5. The highest BCUT2D eigenvalue weighted by Gasteiger charge is 2.43. The normalized spacial score (nSPS) is 19.8. The third kappa shape index (κ3) is 10.5. The fraction of sp³-hybridized carbons (Fsp3) is 0.513. The number of nitrogens with zero attached hydrogens (tertiary/aromatic N) is 2. The van der Waals surface area contributed by atoms with Gasteiger partial charge < -0.3 is 39.0 Å². The summed E-state index contributed by atoms with van der Waals surface area (Å²) in [5.41, 5.74) is 4.86. The molecule has 0 bridgehead atoms. The molecule has 3 aromatic rings. The molecule has 2 aliphatic rings. The first-order valence-corrected chi connectivity index (χ1v) is 19.5. The quantitative estimate of drug-likeness (QED) is 0.160. The molecular formula is C39H53N3O9S. The number of rotatable bonds is 18. The van der Waals surface area contributed by atoms with Crippen molar-refractivity contribution in [3.8, 4) is 5.75 Å². The third-order valence-electron chi connectivity index (χ3n) is 9.56. The number of anilines is 1. The van der Waals surface area contributed by atoms with Gasteiger partial charge in [0, 0.05) is 51.9 Å². The average molecular weight is 740 g/mol. The number of hydrogen-bond donors (Lipinski definition) is 2. The Morgan fingerprint density at radius 3 is 2.52 bits per heavy atom. The molecule has 52 heavy (non-hydrogen) atoms. The summed E-state index contributed by atoms with van der Waals surface area (Å²) in [5, 5.41) is 12.0. The minimum atomic E-state index is -4.00. The van der Waals surface area contributed by atoms with Crippen molar-refractivity contribution in [2.24, 2.45) is 0 Å². The molecule has 5 rings (SSSR count). The minimum absolute atomic E-state index is 0.00118. The van der Waals surface area contributed by atoms with Crippen LogP contribution < -0.4 is 15.0 Å². The second-order valence-electron chi connectivity index (χ2n) is 13.4. The molecule has 3 aromatic carbocycles. The highest BCUT2D eigenvalue weighted by molar-refractivity contribution is 7.89. The van der Waals surface area contributed by atoms with E-state index in [1.54, 1.807) is 31.4 Å². The highest BCUT2D eigenvalue weighted by Crippen LogP contribution is 2.38. The van der Waals surface area contributed by atoms with Crippen molar-refractivity contribution >= 4 is 21.8 Å². The van der Waals surface area contributed by atoms with Crippen molar-refractivity contribution in [2.45, 2.75) is 75.9 Å². The molecule has 0 radical (unpaired) electrons. The summed E-state index contributed by atoms with van der Waals surface area (Å²) in [5.74, 6) is 0.605. The van der Waals surface area contributed by atoms with E-state index in [2.05, 4.69) is 16.3 Å². The predicted molar refractivity (Wildman–Crippen MR) is 199 cm³/mol. The van der Waals surface area contributed by atoms with Gasteiger partial charge in [-0.2, -0.15) is 4.31 Å². The first kappa shape index (κ1) is 39.5. The van der Waals surface area contributed by atoms with E-state index in [1.165, 1.54) is 4.31 Å². The van der Waals surface area contributed by atoms with Crippen LogP contribution in [0, 0.1) is 6.92 Å². The molecule has 2 N–H and O–H groups in total. The number of benzene rings is 3. The first-order chi connectivity index (χ1) is 25.1. The highest BCUT2D eigenvalue weighted by atomic mass is 32.2. The second-order valence-corrected chi connectivity index (χ2v) is 15.3. The van der Waals surface area contributed by atoms with Crippen LogP contribution in [0.2, 0.25) is 0 Å². The van der Waals surface area contributed by atoms with E-state index < -0.39 is 28.3 Å². The van der Waals surface area contributed by atoms with E-state index >= 15 is 0 Å². The minimum Gasteiger partial charge on any atom is -0.490 e. The van der Waals surface area contributed by atoms with Gasteiger partial charge in [-0.15, -0.1) is 0 Å². The van der Waals surface area contributed by atoms with Crippen LogP contribution >= 0.6 is 0 Å². The largest absolute Gasteiger partial charge is 0.490 e. The lowest BCUT2D eigenvalue weighted by molar-refractivity contribution is -0.0195. The van der Waals surface area contributed by atoms with Crippen LogP contribution in [-0.4, -0.2) is 102 Å². The molecular weight excluding hydrogens is 687 g/mol. The topological polar surface area (TPSA) is 136 Å². The van der Waals surface area contributed by atoms with E-state index in [-0.39, 0.29) is 36.6 Å². The number of aryl methyl sites for hydroxylation is 1. The molecule has 0 unspecified atom stereocenters. The number of amides is 1. The Kier molecular flexibility index (Phi) is 14.3. The van der Waals surface area contributed by atoms with Crippen LogP contribution in [0.25, 0.3) is 0 Å². The lowest BCUT2D eigenvalue weighted by atomic mass is 9.83. The van der Waals surface area contributed by atoms with E-state index in [4.69, 9.17) is 23.7 Å². The van der Waals surface area contributed by atoms with Crippen molar-refractivity contribution in [3.05, 3.63) is 89.0 Å². The maximum absolute atomic E-state index is 14.2. The fourth-order valence-electron chi connectivity index (χ4n) is 6.85. The molecule has 13 heteroatoms. The zero-order chi connectivity index (χ0) is 37.1. The standard InChI is InChI=1S/C39H53N3O9S/c1-5-49-29(3)25-48-26-30-9-12-32(13-10-30)35-22-33(23-40-39(43)44)42(52(45,46)34-14-7-28(2)8-15-34)24-38(35)51-27-31-11-16-37-36(21-31)41(18-20-50-37)17-6-19-47-4/h7-16,21,29,33,35,38,40H,5-6,17-20,22-27H2,1-4H3,(H,43,44)/t29-,33-,35-,38+/m1/s1. The maximum Gasteiger partial charge on any atom is 0.404 e. The predicted octanol–water partition coefficient (Wildman–Crippen LogP) is 5.57. The van der Waals surface area contributed by atoms with Gasteiger partial charge in [-0.3, -0.25) is 0 Å². The van der Waals surface area contributed by atoms with Gasteiger partial charge in [0.2, 0.25) is 10.0 Å². The van der Waals surface area contributed by atoms with Crippen molar-refractivity contribution < 1.29 is 42.0 Å². The molecule has 1 amide bonds. The number of carbonyl (C=O) groups is 1. The molecule has 4 atom stereocenters. The Morgan fingerprint density at radius 1 is 1.06 bits per heavy atom. The molecule has 0 aromatic heterocycles. The second kappa shape index (κ2) is 18.9. The summed E-state index contributed by atoms with van der Waals surface area (Å²) in [4.78, 5) is 14.1. The number of hydrogen-bond acceptors (Lipinski definition) is 9. The van der Waals surface area contributed by atoms with Crippen molar-refractivity contribution in [1.29, 1.82) is 0 Å². The number of methoxy groups -OCH3 is 1. The molecule has 2 heterocycles. The number of ether oxygens (including phenoxy) is 5. The molecule has 12 nitrogen and oxygen atoms in total. The van der Waals surface area contributed by atoms with E-state index in [0.29, 0.717) is 39.5 Å². The molecule has 0 aliphatic carbocycles. The number of sulfonamides is 1. The van der Waals surface area contributed by atoms with Gasteiger partial charge in [0.15, 0.2) is 0 Å². The van der Waals surface area contributed by atoms with Crippen molar-refractivity contribution in [1.82, 2.24) is 9.62 Å². The van der Waals surface area contributed by atoms with Crippen LogP contribution in [0.15, 0.2) is 71.6 Å². The van der Waals surface area contributed by atoms with Crippen LogP contribution in [-0.2, 0) is 42.2 Å². The van der Waals surface area contributed by atoms with Crippen LogP contribution in [0.3, 0.4) is 0 Å². The lowest BCUT2D eigenvalue weighted by Gasteiger charge is -2.43. The molecule has 0 spiro atoms. The van der Waals surface area contributed by atoms with Gasteiger partial charge in [-0.25, -0.2) is 13.2 Å². The molecule has 1 saturated heterocycles. The van der Waals surface area contributed by atoms with Gasteiger partial charge >= 0.3 is 6.09 Å². The average Bonchev–Trinajstić information content (AvgIpc) is 3.13. The van der Waals surface area contributed by atoms with Gasteiger partial charge in [0.25, 0.3) is 0 Å². The Hall–Kier alpha value is -3.72. The molecule has 284 valence electrons. The van der Waals surface area contributed by atoms with Gasteiger partial charge in [-0.05, 0) is 74.6 Å².